The first-order chi connectivity index (χ1) is 12.1. The van der Waals surface area contributed by atoms with Crippen molar-refractivity contribution < 1.29 is 0 Å². The van der Waals surface area contributed by atoms with Crippen LogP contribution in [0.3, 0.4) is 0 Å². The summed E-state index contributed by atoms with van der Waals surface area (Å²) in [6, 6.07) is 10.3. The Morgan fingerprint density at radius 3 is 2.96 bits per heavy atom. The molecule has 1 aliphatic rings. The van der Waals surface area contributed by atoms with Crippen LogP contribution >= 0.6 is 11.3 Å². The number of nitrogens with one attached hydrogen (secondary N) is 2. The van der Waals surface area contributed by atoms with E-state index in [9.17, 15) is 4.79 Å². The molecule has 5 heteroatoms. The van der Waals surface area contributed by atoms with Crippen LogP contribution in [0.4, 0.5) is 0 Å². The van der Waals surface area contributed by atoms with Crippen molar-refractivity contribution in [1.82, 2.24) is 15.3 Å². The van der Waals surface area contributed by atoms with Gasteiger partial charge in [-0.25, -0.2) is 4.98 Å². The molecule has 2 heterocycles. The van der Waals surface area contributed by atoms with Crippen LogP contribution in [-0.2, 0) is 19.4 Å². The second-order valence-corrected chi connectivity index (χ2v) is 8.15. The Hall–Kier alpha value is -1.98. The Bertz CT molecular complexity index is 945. The zero-order valence-electron chi connectivity index (χ0n) is 14.6. The van der Waals surface area contributed by atoms with Crippen LogP contribution in [0.2, 0.25) is 0 Å². The normalized spacial score (nSPS) is 18.2. The third-order valence-corrected chi connectivity index (χ3v) is 6.20. The van der Waals surface area contributed by atoms with Crippen LogP contribution in [0.25, 0.3) is 10.2 Å². The van der Waals surface area contributed by atoms with Crippen LogP contribution in [0.15, 0.2) is 35.1 Å². The van der Waals surface area contributed by atoms with Gasteiger partial charge in [0.25, 0.3) is 5.56 Å². The largest absolute Gasteiger partial charge is 0.309 e. The predicted molar refractivity (Wildman–Crippen MR) is 103 cm³/mol. The van der Waals surface area contributed by atoms with Crippen molar-refractivity contribution in [1.29, 1.82) is 0 Å². The summed E-state index contributed by atoms with van der Waals surface area (Å²) in [6.45, 7) is 5.08. The van der Waals surface area contributed by atoms with Gasteiger partial charge in [0.1, 0.15) is 10.7 Å². The maximum atomic E-state index is 12.7. The number of benzene rings is 1. The molecule has 0 spiro atoms. The molecule has 25 heavy (non-hydrogen) atoms. The molecule has 3 aromatic rings. The molecule has 1 aliphatic carbocycles. The third-order valence-electron chi connectivity index (χ3n) is 5.05. The summed E-state index contributed by atoms with van der Waals surface area (Å²) in [6.07, 6.45) is 3.24. The topological polar surface area (TPSA) is 57.8 Å². The summed E-state index contributed by atoms with van der Waals surface area (Å²) in [5, 5.41) is 4.27. The van der Waals surface area contributed by atoms with Crippen molar-refractivity contribution in [3.05, 3.63) is 62.5 Å². The highest BCUT2D eigenvalue weighted by Crippen LogP contribution is 2.35. The number of hydrogen-bond acceptors (Lipinski definition) is 4. The predicted octanol–water partition coefficient (Wildman–Crippen LogP) is 3.96. The van der Waals surface area contributed by atoms with Gasteiger partial charge in [-0.3, -0.25) is 4.79 Å². The summed E-state index contributed by atoms with van der Waals surface area (Å²) in [5.74, 6) is 1.42. The van der Waals surface area contributed by atoms with E-state index in [1.165, 1.54) is 16.0 Å². The standard InChI is InChI=1S/C20H23N3OS/c1-12-8-9-15-16(10-12)25-20-17(15)19(24)22-18(23-20)13(2)21-11-14-6-4-3-5-7-14/h3-7,12-13,21H,8-11H2,1-2H3,(H,22,23,24)/t12-,13+/m1/s1. The number of nitrogens with zero attached hydrogens (tertiary/aromatic N) is 1. The van der Waals surface area contributed by atoms with E-state index in [4.69, 9.17) is 4.98 Å². The number of rotatable bonds is 4. The van der Waals surface area contributed by atoms with E-state index in [1.807, 2.05) is 25.1 Å². The molecule has 1 aromatic carbocycles. The van der Waals surface area contributed by atoms with E-state index in [-0.39, 0.29) is 11.6 Å². The zero-order valence-corrected chi connectivity index (χ0v) is 15.5. The van der Waals surface area contributed by atoms with E-state index in [2.05, 4.69) is 29.4 Å². The summed E-state index contributed by atoms with van der Waals surface area (Å²) in [7, 11) is 0. The van der Waals surface area contributed by atoms with Gasteiger partial charge >= 0.3 is 0 Å². The first-order valence-electron chi connectivity index (χ1n) is 8.93. The lowest BCUT2D eigenvalue weighted by Gasteiger charge is -2.17. The molecule has 2 N–H and O–H groups in total. The van der Waals surface area contributed by atoms with Gasteiger partial charge in [-0.1, -0.05) is 37.3 Å². The third kappa shape index (κ3) is 3.26. The fourth-order valence-electron chi connectivity index (χ4n) is 3.53. The average molecular weight is 353 g/mol. The second-order valence-electron chi connectivity index (χ2n) is 7.07. The summed E-state index contributed by atoms with van der Waals surface area (Å²) in [5.41, 5.74) is 2.47. The highest BCUT2D eigenvalue weighted by atomic mass is 32.1. The molecule has 130 valence electrons. The van der Waals surface area contributed by atoms with Crippen molar-refractivity contribution in [3.8, 4) is 0 Å². The Balaban J connectivity index is 1.61. The smallest absolute Gasteiger partial charge is 0.259 e. The van der Waals surface area contributed by atoms with Crippen LogP contribution in [0.5, 0.6) is 0 Å². The van der Waals surface area contributed by atoms with E-state index in [0.717, 1.165) is 41.8 Å². The fraction of sp³-hybridized carbons (Fsp3) is 0.400. The average Bonchev–Trinajstić information content (AvgIpc) is 2.98. The SMILES string of the molecule is C[C@@H]1CCc2c(sc3nc([C@H](C)NCc4ccccc4)[nH]c(=O)c23)C1. The van der Waals surface area contributed by atoms with Crippen LogP contribution in [0, 0.1) is 5.92 Å². The molecule has 0 amide bonds. The maximum absolute atomic E-state index is 12.7. The lowest BCUT2D eigenvalue weighted by Crippen LogP contribution is -2.23. The van der Waals surface area contributed by atoms with E-state index >= 15 is 0 Å². The van der Waals surface area contributed by atoms with Crippen molar-refractivity contribution in [2.45, 2.75) is 45.7 Å². The second kappa shape index (κ2) is 6.73. The molecule has 0 aliphatic heterocycles. The van der Waals surface area contributed by atoms with Gasteiger partial charge in [0.15, 0.2) is 0 Å². The Kier molecular flexibility index (Phi) is 4.44. The molecule has 0 radical (unpaired) electrons. The van der Waals surface area contributed by atoms with E-state index in [1.54, 1.807) is 11.3 Å². The summed E-state index contributed by atoms with van der Waals surface area (Å²) >= 11 is 1.70. The molecular formula is C20H23N3OS. The number of aromatic nitrogens is 2. The minimum absolute atomic E-state index is 0.00430. The minimum Gasteiger partial charge on any atom is -0.309 e. The van der Waals surface area contributed by atoms with Crippen molar-refractivity contribution in [2.24, 2.45) is 5.92 Å². The number of aromatic amines is 1. The Labute approximate surface area is 151 Å². The quantitative estimate of drug-likeness (QED) is 0.746. The molecule has 0 fully saturated rings. The van der Waals surface area contributed by atoms with Gasteiger partial charge in [-0.2, -0.15) is 0 Å². The lowest BCUT2D eigenvalue weighted by molar-refractivity contribution is 0.509. The highest BCUT2D eigenvalue weighted by molar-refractivity contribution is 7.18. The molecule has 4 nitrogen and oxygen atoms in total. The molecule has 0 unspecified atom stereocenters. The van der Waals surface area contributed by atoms with Crippen LogP contribution in [0.1, 0.15) is 48.1 Å². The van der Waals surface area contributed by atoms with Gasteiger partial charge in [0.05, 0.1) is 11.4 Å². The van der Waals surface area contributed by atoms with Crippen molar-refractivity contribution in [3.63, 3.8) is 0 Å². The zero-order chi connectivity index (χ0) is 17.4. The van der Waals surface area contributed by atoms with Gasteiger partial charge in [0, 0.05) is 11.4 Å². The van der Waals surface area contributed by atoms with Gasteiger partial charge in [0.2, 0.25) is 0 Å². The van der Waals surface area contributed by atoms with E-state index in [0.29, 0.717) is 5.92 Å². The summed E-state index contributed by atoms with van der Waals surface area (Å²) < 4.78 is 0. The van der Waals surface area contributed by atoms with E-state index < -0.39 is 0 Å². The first kappa shape index (κ1) is 16.5. The van der Waals surface area contributed by atoms with Crippen LogP contribution < -0.4 is 10.9 Å². The molecule has 0 saturated heterocycles. The first-order valence-corrected chi connectivity index (χ1v) is 9.75. The minimum atomic E-state index is -0.00430. The molecule has 2 aromatic heterocycles. The Morgan fingerprint density at radius 2 is 2.16 bits per heavy atom. The molecule has 0 bridgehead atoms. The molecule has 4 rings (SSSR count). The van der Waals surface area contributed by atoms with Gasteiger partial charge in [-0.05, 0) is 43.2 Å². The lowest BCUT2D eigenvalue weighted by atomic mass is 9.89. The van der Waals surface area contributed by atoms with Gasteiger partial charge in [-0.15, -0.1) is 11.3 Å². The number of thiophene rings is 1. The molecular weight excluding hydrogens is 330 g/mol. The monoisotopic (exact) mass is 353 g/mol. The van der Waals surface area contributed by atoms with Crippen molar-refractivity contribution in [2.75, 3.05) is 0 Å². The fourth-order valence-corrected chi connectivity index (χ4v) is 4.92. The van der Waals surface area contributed by atoms with Gasteiger partial charge < -0.3 is 10.3 Å². The van der Waals surface area contributed by atoms with Crippen molar-refractivity contribution >= 4 is 21.6 Å². The number of fused-ring (bicyclic) bond motifs is 3. The summed E-state index contributed by atoms with van der Waals surface area (Å²) in [4.78, 5) is 22.7. The number of H-pyrrole nitrogens is 1. The van der Waals surface area contributed by atoms with Crippen LogP contribution in [-0.4, -0.2) is 9.97 Å². The highest BCUT2D eigenvalue weighted by Gasteiger charge is 2.23. The molecule has 2 atom stereocenters. The number of hydrogen-bond donors (Lipinski definition) is 2. The Morgan fingerprint density at radius 1 is 1.36 bits per heavy atom. The maximum Gasteiger partial charge on any atom is 0.259 e. The number of aryl methyl sites for hydroxylation is 1. The molecule has 0 saturated carbocycles.